The third-order valence-corrected chi connectivity index (χ3v) is 5.76. The average Bonchev–Trinajstić information content (AvgIpc) is 2.28. The number of carboxylic acid groups (broad SMARTS) is 1. The van der Waals surface area contributed by atoms with Gasteiger partial charge in [0.15, 0.2) is 0 Å². The minimum absolute atomic E-state index is 0.0707. The topological polar surface area (TPSA) is 66.4 Å². The molecule has 4 nitrogen and oxygen atoms in total. The molecule has 0 saturated heterocycles. The fourth-order valence-corrected chi connectivity index (χ4v) is 3.66. The van der Waals surface area contributed by atoms with Crippen molar-refractivity contribution < 1.29 is 14.7 Å². The molecule has 0 aliphatic heterocycles. The molecule has 0 aliphatic carbocycles. The number of hydrogen-bond donors (Lipinski definition) is 2. The first-order valence-corrected chi connectivity index (χ1v) is 8.30. The minimum atomic E-state index is -0.845. The van der Waals surface area contributed by atoms with Crippen molar-refractivity contribution in [1.82, 2.24) is 5.32 Å². The van der Waals surface area contributed by atoms with Crippen LogP contribution >= 0.6 is 67.8 Å². The molecule has 0 aromatic heterocycles. The van der Waals surface area contributed by atoms with Crippen LogP contribution in [-0.4, -0.2) is 23.5 Å². The summed E-state index contributed by atoms with van der Waals surface area (Å²) < 4.78 is 2.97. The summed E-state index contributed by atoms with van der Waals surface area (Å²) in [5.41, 5.74) is 0.641. The van der Waals surface area contributed by atoms with Gasteiger partial charge in [0, 0.05) is 23.7 Å². The van der Waals surface area contributed by atoms with Crippen molar-refractivity contribution in [2.24, 2.45) is 0 Å². The van der Waals surface area contributed by atoms with Crippen LogP contribution in [0.1, 0.15) is 23.2 Å². The first-order valence-electron chi connectivity index (χ1n) is 5.06. The van der Waals surface area contributed by atoms with Crippen molar-refractivity contribution in [3.05, 3.63) is 28.4 Å². The molecule has 1 amide bonds. The highest BCUT2D eigenvalue weighted by molar-refractivity contribution is 14.1. The van der Waals surface area contributed by atoms with Gasteiger partial charge < -0.3 is 10.4 Å². The summed E-state index contributed by atoms with van der Waals surface area (Å²) in [6.07, 6.45) is 0.514. The fourth-order valence-electron chi connectivity index (χ4n) is 1.26. The van der Waals surface area contributed by atoms with E-state index in [4.69, 9.17) is 5.11 Å². The second-order valence-corrected chi connectivity index (χ2v) is 6.99. The second kappa shape index (κ2) is 7.82. The molecule has 0 radical (unpaired) electrons. The van der Waals surface area contributed by atoms with E-state index in [1.54, 1.807) is 0 Å². The van der Waals surface area contributed by atoms with Gasteiger partial charge >= 0.3 is 5.97 Å². The highest BCUT2D eigenvalue weighted by Gasteiger charge is 2.13. The molecule has 1 aromatic rings. The quantitative estimate of drug-likeness (QED) is 0.318. The highest BCUT2D eigenvalue weighted by Crippen LogP contribution is 2.22. The van der Waals surface area contributed by atoms with Gasteiger partial charge in [-0.05, 0) is 86.3 Å². The fraction of sp³-hybridized carbons (Fsp3) is 0.273. The standard InChI is InChI=1S/C11H10I3NO3/c12-6-4-7(10(14)8(13)5-6)11(18)15-3-1-2-9(16)17/h4-5H,1-3H2,(H,15,18)(H,16,17). The number of benzene rings is 1. The lowest BCUT2D eigenvalue weighted by Gasteiger charge is -2.08. The summed E-state index contributed by atoms with van der Waals surface area (Å²) in [7, 11) is 0. The molecule has 0 unspecified atom stereocenters. The number of amides is 1. The van der Waals surface area contributed by atoms with E-state index in [0.717, 1.165) is 10.7 Å². The average molecular weight is 585 g/mol. The molecule has 7 heteroatoms. The van der Waals surface area contributed by atoms with Crippen LogP contribution in [-0.2, 0) is 4.79 Å². The van der Waals surface area contributed by atoms with Crippen molar-refractivity contribution in [1.29, 1.82) is 0 Å². The summed E-state index contributed by atoms with van der Waals surface area (Å²) in [4.78, 5) is 22.3. The molecule has 0 atom stereocenters. The number of carboxylic acids is 1. The molecular formula is C11H10I3NO3. The molecule has 0 fully saturated rings. The van der Waals surface area contributed by atoms with E-state index < -0.39 is 5.97 Å². The first kappa shape index (κ1) is 16.4. The summed E-state index contributed by atoms with van der Waals surface area (Å²) in [6, 6.07) is 3.83. The van der Waals surface area contributed by atoms with E-state index in [9.17, 15) is 9.59 Å². The van der Waals surface area contributed by atoms with Crippen molar-refractivity contribution in [2.75, 3.05) is 6.54 Å². The summed E-state index contributed by atoms with van der Waals surface area (Å²) in [5, 5.41) is 11.2. The molecule has 0 spiro atoms. The molecule has 98 valence electrons. The lowest BCUT2D eigenvalue weighted by Crippen LogP contribution is -2.26. The first-order chi connectivity index (χ1) is 8.41. The van der Waals surface area contributed by atoms with Crippen LogP contribution in [0.4, 0.5) is 0 Å². The van der Waals surface area contributed by atoms with Gasteiger partial charge in [-0.2, -0.15) is 0 Å². The Morgan fingerprint density at radius 1 is 1.22 bits per heavy atom. The zero-order valence-electron chi connectivity index (χ0n) is 9.17. The smallest absolute Gasteiger partial charge is 0.303 e. The Hall–Kier alpha value is 0.350. The van der Waals surface area contributed by atoms with Crippen molar-refractivity contribution in [3.8, 4) is 0 Å². The summed E-state index contributed by atoms with van der Waals surface area (Å²) in [6.45, 7) is 0.378. The highest BCUT2D eigenvalue weighted by atomic mass is 127. The molecule has 1 rings (SSSR count). The van der Waals surface area contributed by atoms with Gasteiger partial charge in [-0.15, -0.1) is 0 Å². The summed E-state index contributed by atoms with van der Waals surface area (Å²) >= 11 is 6.50. The second-order valence-electron chi connectivity index (χ2n) is 3.50. The Morgan fingerprint density at radius 3 is 2.50 bits per heavy atom. The predicted molar refractivity (Wildman–Crippen MR) is 93.8 cm³/mol. The maximum Gasteiger partial charge on any atom is 0.303 e. The Labute approximate surface area is 146 Å². The Kier molecular flexibility index (Phi) is 7.13. The molecule has 0 bridgehead atoms. The summed E-state index contributed by atoms with van der Waals surface area (Å²) in [5.74, 6) is -0.996. The number of aliphatic carboxylic acids is 1. The van der Waals surface area contributed by atoms with Crippen LogP contribution in [0.15, 0.2) is 12.1 Å². The van der Waals surface area contributed by atoms with Crippen molar-refractivity contribution in [2.45, 2.75) is 12.8 Å². The van der Waals surface area contributed by atoms with E-state index in [1.807, 2.05) is 12.1 Å². The van der Waals surface area contributed by atoms with E-state index >= 15 is 0 Å². The van der Waals surface area contributed by atoms with Crippen LogP contribution in [0.2, 0.25) is 0 Å². The SMILES string of the molecule is O=C(O)CCCNC(=O)c1cc(I)cc(I)c1I. The van der Waals surface area contributed by atoms with Crippen LogP contribution in [0.25, 0.3) is 0 Å². The lowest BCUT2D eigenvalue weighted by atomic mass is 10.2. The number of nitrogens with one attached hydrogen (secondary N) is 1. The minimum Gasteiger partial charge on any atom is -0.481 e. The van der Waals surface area contributed by atoms with Gasteiger partial charge in [-0.25, -0.2) is 0 Å². The molecule has 1 aromatic carbocycles. The normalized spacial score (nSPS) is 10.2. The largest absolute Gasteiger partial charge is 0.481 e. The zero-order chi connectivity index (χ0) is 13.7. The van der Waals surface area contributed by atoms with E-state index in [0.29, 0.717) is 18.5 Å². The molecule has 18 heavy (non-hydrogen) atoms. The third-order valence-electron chi connectivity index (χ3n) is 2.09. The van der Waals surface area contributed by atoms with Crippen LogP contribution in [0, 0.1) is 10.7 Å². The Morgan fingerprint density at radius 2 is 1.89 bits per heavy atom. The van der Waals surface area contributed by atoms with Crippen LogP contribution in [0.3, 0.4) is 0 Å². The van der Waals surface area contributed by atoms with E-state index in [-0.39, 0.29) is 12.3 Å². The Bertz CT molecular complexity index is 477. The number of halogens is 3. The van der Waals surface area contributed by atoms with Crippen molar-refractivity contribution >= 4 is 79.6 Å². The lowest BCUT2D eigenvalue weighted by molar-refractivity contribution is -0.137. The number of hydrogen-bond acceptors (Lipinski definition) is 2. The van der Waals surface area contributed by atoms with E-state index in [1.165, 1.54) is 0 Å². The number of carbonyl (C=O) groups excluding carboxylic acids is 1. The van der Waals surface area contributed by atoms with Gasteiger partial charge in [-0.1, -0.05) is 0 Å². The predicted octanol–water partition coefficient (Wildman–Crippen LogP) is 3.10. The zero-order valence-corrected chi connectivity index (χ0v) is 15.6. The molecule has 0 heterocycles. The van der Waals surface area contributed by atoms with Gasteiger partial charge in [-0.3, -0.25) is 9.59 Å². The number of rotatable bonds is 5. The van der Waals surface area contributed by atoms with Crippen LogP contribution < -0.4 is 5.32 Å². The van der Waals surface area contributed by atoms with Gasteiger partial charge in [0.05, 0.1) is 5.56 Å². The maximum absolute atomic E-state index is 11.9. The van der Waals surface area contributed by atoms with Gasteiger partial charge in [0.25, 0.3) is 5.91 Å². The van der Waals surface area contributed by atoms with Crippen molar-refractivity contribution in [3.63, 3.8) is 0 Å². The molecule has 0 saturated carbocycles. The maximum atomic E-state index is 11.9. The molecular weight excluding hydrogens is 575 g/mol. The third kappa shape index (κ3) is 5.15. The Balaban J connectivity index is 2.64. The molecule has 2 N–H and O–H groups in total. The van der Waals surface area contributed by atoms with Gasteiger partial charge in [0.1, 0.15) is 0 Å². The van der Waals surface area contributed by atoms with Gasteiger partial charge in [0.2, 0.25) is 0 Å². The van der Waals surface area contributed by atoms with E-state index in [2.05, 4.69) is 73.1 Å². The monoisotopic (exact) mass is 585 g/mol. The van der Waals surface area contributed by atoms with Crippen LogP contribution in [0.5, 0.6) is 0 Å². The molecule has 0 aliphatic rings. The number of carbonyl (C=O) groups is 2.